The SMILES string of the molecule is CCCNC(c1cccnc1)c1cnc2ccccc2n1. The number of para-hydroxylation sites is 2. The van der Waals surface area contributed by atoms with Crippen molar-refractivity contribution in [2.24, 2.45) is 0 Å². The molecule has 0 aliphatic rings. The van der Waals surface area contributed by atoms with Crippen LogP contribution in [0.3, 0.4) is 0 Å². The molecule has 21 heavy (non-hydrogen) atoms. The van der Waals surface area contributed by atoms with Crippen LogP contribution in [-0.2, 0) is 0 Å². The number of nitrogens with one attached hydrogen (secondary N) is 1. The van der Waals surface area contributed by atoms with Crippen molar-refractivity contribution in [3.63, 3.8) is 0 Å². The number of rotatable bonds is 5. The maximum absolute atomic E-state index is 4.75. The molecular formula is C17H18N4. The molecule has 3 rings (SSSR count). The van der Waals surface area contributed by atoms with Gasteiger partial charge in [0.25, 0.3) is 0 Å². The molecule has 3 aromatic rings. The molecule has 1 unspecified atom stereocenters. The monoisotopic (exact) mass is 278 g/mol. The van der Waals surface area contributed by atoms with Crippen molar-refractivity contribution >= 4 is 11.0 Å². The largest absolute Gasteiger partial charge is 0.305 e. The molecule has 0 aliphatic heterocycles. The van der Waals surface area contributed by atoms with E-state index in [-0.39, 0.29) is 6.04 Å². The Morgan fingerprint density at radius 2 is 1.90 bits per heavy atom. The van der Waals surface area contributed by atoms with Gasteiger partial charge in [0.15, 0.2) is 0 Å². The number of hydrogen-bond acceptors (Lipinski definition) is 4. The molecule has 4 nitrogen and oxygen atoms in total. The van der Waals surface area contributed by atoms with Crippen molar-refractivity contribution in [3.05, 3.63) is 66.2 Å². The first-order chi connectivity index (χ1) is 10.4. The summed E-state index contributed by atoms with van der Waals surface area (Å²) < 4.78 is 0. The van der Waals surface area contributed by atoms with Gasteiger partial charge < -0.3 is 5.32 Å². The number of fused-ring (bicyclic) bond motifs is 1. The minimum absolute atomic E-state index is 0.0238. The highest BCUT2D eigenvalue weighted by Gasteiger charge is 2.15. The van der Waals surface area contributed by atoms with Gasteiger partial charge >= 0.3 is 0 Å². The number of nitrogens with zero attached hydrogens (tertiary/aromatic N) is 3. The Labute approximate surface area is 124 Å². The van der Waals surface area contributed by atoms with Gasteiger partial charge in [-0.2, -0.15) is 0 Å². The molecule has 1 atom stereocenters. The number of pyridine rings is 1. The standard InChI is InChI=1S/C17H18N4/c1-2-9-19-17(13-6-5-10-18-11-13)16-12-20-14-7-3-4-8-15(14)21-16/h3-8,10-12,17,19H,2,9H2,1H3. The molecule has 0 saturated heterocycles. The molecule has 0 spiro atoms. The maximum Gasteiger partial charge on any atom is 0.0890 e. The Hall–Kier alpha value is -2.33. The second-order valence-electron chi connectivity index (χ2n) is 4.96. The van der Waals surface area contributed by atoms with Gasteiger partial charge in [-0.05, 0) is 36.7 Å². The highest BCUT2D eigenvalue weighted by Crippen LogP contribution is 2.21. The Morgan fingerprint density at radius 1 is 1.05 bits per heavy atom. The summed E-state index contributed by atoms with van der Waals surface area (Å²) in [5.74, 6) is 0. The summed E-state index contributed by atoms with van der Waals surface area (Å²) in [5.41, 5.74) is 3.87. The minimum atomic E-state index is 0.0238. The molecule has 0 amide bonds. The van der Waals surface area contributed by atoms with Crippen LogP contribution in [0.1, 0.15) is 30.6 Å². The first kappa shape index (κ1) is 13.6. The van der Waals surface area contributed by atoms with Crippen molar-refractivity contribution in [1.82, 2.24) is 20.3 Å². The zero-order chi connectivity index (χ0) is 14.5. The van der Waals surface area contributed by atoms with Gasteiger partial charge in [-0.25, -0.2) is 4.98 Å². The average Bonchev–Trinajstić information content (AvgIpc) is 2.56. The lowest BCUT2D eigenvalue weighted by Gasteiger charge is -2.18. The van der Waals surface area contributed by atoms with E-state index >= 15 is 0 Å². The van der Waals surface area contributed by atoms with Crippen LogP contribution in [0.2, 0.25) is 0 Å². The second kappa shape index (κ2) is 6.41. The topological polar surface area (TPSA) is 50.7 Å². The summed E-state index contributed by atoms with van der Waals surface area (Å²) in [6, 6.07) is 12.0. The molecule has 4 heteroatoms. The van der Waals surface area contributed by atoms with E-state index in [2.05, 4.69) is 28.3 Å². The van der Waals surface area contributed by atoms with Crippen LogP contribution >= 0.6 is 0 Å². The van der Waals surface area contributed by atoms with Gasteiger partial charge in [-0.1, -0.05) is 25.1 Å². The van der Waals surface area contributed by atoms with Gasteiger partial charge in [0.1, 0.15) is 0 Å². The number of aromatic nitrogens is 3. The molecule has 0 radical (unpaired) electrons. The van der Waals surface area contributed by atoms with Crippen LogP contribution in [-0.4, -0.2) is 21.5 Å². The third kappa shape index (κ3) is 3.06. The summed E-state index contributed by atoms with van der Waals surface area (Å²) in [4.78, 5) is 13.5. The molecule has 0 fully saturated rings. The van der Waals surface area contributed by atoms with Gasteiger partial charge in [-0.15, -0.1) is 0 Å². The Bertz CT molecular complexity index is 712. The lowest BCUT2D eigenvalue weighted by Crippen LogP contribution is -2.24. The molecule has 1 aromatic carbocycles. The van der Waals surface area contributed by atoms with Crippen LogP contribution < -0.4 is 5.32 Å². The molecule has 0 bridgehead atoms. The van der Waals surface area contributed by atoms with Crippen molar-refractivity contribution < 1.29 is 0 Å². The van der Waals surface area contributed by atoms with Crippen LogP contribution in [0.4, 0.5) is 0 Å². The van der Waals surface area contributed by atoms with Crippen LogP contribution in [0.25, 0.3) is 11.0 Å². The van der Waals surface area contributed by atoms with Crippen molar-refractivity contribution in [2.75, 3.05) is 6.54 Å². The molecule has 1 N–H and O–H groups in total. The molecule has 2 aromatic heterocycles. The van der Waals surface area contributed by atoms with E-state index in [1.807, 2.05) is 42.7 Å². The van der Waals surface area contributed by atoms with Gasteiger partial charge in [0.05, 0.1) is 29.0 Å². The van der Waals surface area contributed by atoms with Crippen molar-refractivity contribution in [1.29, 1.82) is 0 Å². The first-order valence-electron chi connectivity index (χ1n) is 7.23. The highest BCUT2D eigenvalue weighted by molar-refractivity contribution is 5.73. The molecule has 0 aliphatic carbocycles. The van der Waals surface area contributed by atoms with E-state index in [9.17, 15) is 0 Å². The Kier molecular flexibility index (Phi) is 4.17. The summed E-state index contributed by atoms with van der Waals surface area (Å²) in [5, 5.41) is 3.52. The first-order valence-corrected chi connectivity index (χ1v) is 7.23. The third-order valence-electron chi connectivity index (χ3n) is 3.38. The van der Waals surface area contributed by atoms with E-state index in [0.29, 0.717) is 0 Å². The maximum atomic E-state index is 4.75. The minimum Gasteiger partial charge on any atom is -0.305 e. The predicted molar refractivity (Wildman–Crippen MR) is 83.9 cm³/mol. The number of benzene rings is 1. The lowest BCUT2D eigenvalue weighted by molar-refractivity contribution is 0.585. The summed E-state index contributed by atoms with van der Waals surface area (Å²) in [7, 11) is 0. The molecule has 106 valence electrons. The number of hydrogen-bond donors (Lipinski definition) is 1. The zero-order valence-electron chi connectivity index (χ0n) is 12.0. The second-order valence-corrected chi connectivity index (χ2v) is 4.96. The van der Waals surface area contributed by atoms with Crippen molar-refractivity contribution in [3.8, 4) is 0 Å². The zero-order valence-corrected chi connectivity index (χ0v) is 12.0. The van der Waals surface area contributed by atoms with E-state index in [1.165, 1.54) is 0 Å². The molecule has 2 heterocycles. The van der Waals surface area contributed by atoms with E-state index in [0.717, 1.165) is 35.3 Å². The smallest absolute Gasteiger partial charge is 0.0890 e. The fraction of sp³-hybridized carbons (Fsp3) is 0.235. The fourth-order valence-electron chi connectivity index (χ4n) is 2.34. The van der Waals surface area contributed by atoms with Gasteiger partial charge in [0, 0.05) is 12.4 Å². The summed E-state index contributed by atoms with van der Waals surface area (Å²) in [6.07, 6.45) is 6.58. The molecular weight excluding hydrogens is 260 g/mol. The van der Waals surface area contributed by atoms with Gasteiger partial charge in [-0.3, -0.25) is 9.97 Å². The normalized spacial score (nSPS) is 12.4. The van der Waals surface area contributed by atoms with E-state index in [1.54, 1.807) is 6.20 Å². The fourth-order valence-corrected chi connectivity index (χ4v) is 2.34. The summed E-state index contributed by atoms with van der Waals surface area (Å²) in [6.45, 7) is 3.08. The van der Waals surface area contributed by atoms with Crippen molar-refractivity contribution in [2.45, 2.75) is 19.4 Å². The summed E-state index contributed by atoms with van der Waals surface area (Å²) >= 11 is 0. The van der Waals surface area contributed by atoms with E-state index in [4.69, 9.17) is 4.98 Å². The quantitative estimate of drug-likeness (QED) is 0.779. The Balaban J connectivity index is 2.01. The van der Waals surface area contributed by atoms with Crippen LogP contribution in [0, 0.1) is 0 Å². The average molecular weight is 278 g/mol. The lowest BCUT2D eigenvalue weighted by atomic mass is 10.1. The predicted octanol–water partition coefficient (Wildman–Crippen LogP) is 3.11. The Morgan fingerprint density at radius 3 is 2.67 bits per heavy atom. The van der Waals surface area contributed by atoms with Crippen LogP contribution in [0.5, 0.6) is 0 Å². The third-order valence-corrected chi connectivity index (χ3v) is 3.38. The van der Waals surface area contributed by atoms with Gasteiger partial charge in [0.2, 0.25) is 0 Å². The van der Waals surface area contributed by atoms with E-state index < -0.39 is 0 Å². The van der Waals surface area contributed by atoms with Crippen LogP contribution in [0.15, 0.2) is 55.0 Å². The highest BCUT2D eigenvalue weighted by atomic mass is 15.0. The molecule has 0 saturated carbocycles.